The maximum absolute atomic E-state index is 11.4. The van der Waals surface area contributed by atoms with Crippen LogP contribution in [0.15, 0.2) is 11.1 Å². The van der Waals surface area contributed by atoms with Crippen LogP contribution in [0.25, 0.3) is 0 Å². The highest BCUT2D eigenvalue weighted by molar-refractivity contribution is 5.91. The third-order valence-electron chi connectivity index (χ3n) is 3.03. The molecule has 0 aliphatic carbocycles. The molecule has 2 unspecified atom stereocenters. The Labute approximate surface area is 86.3 Å². The summed E-state index contributed by atoms with van der Waals surface area (Å²) in [6.07, 6.45) is 3.15. The molecule has 0 aromatic heterocycles. The van der Waals surface area contributed by atoms with Gasteiger partial charge in [-0.25, -0.2) is 4.79 Å². The van der Waals surface area contributed by atoms with Crippen LogP contribution in [0, 0.1) is 5.92 Å². The van der Waals surface area contributed by atoms with Crippen molar-refractivity contribution in [1.29, 1.82) is 0 Å². The first-order chi connectivity index (χ1) is 6.61. The first-order valence-corrected chi connectivity index (χ1v) is 5.53. The van der Waals surface area contributed by atoms with Crippen LogP contribution < -0.4 is 0 Å². The van der Waals surface area contributed by atoms with Crippen LogP contribution in [0.1, 0.15) is 47.0 Å². The highest BCUT2D eigenvalue weighted by Gasteiger charge is 2.32. The van der Waals surface area contributed by atoms with E-state index >= 15 is 0 Å². The third-order valence-corrected chi connectivity index (χ3v) is 3.03. The summed E-state index contributed by atoms with van der Waals surface area (Å²) in [6, 6.07) is 0. The van der Waals surface area contributed by atoms with E-state index in [1.165, 1.54) is 5.57 Å². The molecule has 0 spiro atoms. The Hall–Kier alpha value is -0.790. The van der Waals surface area contributed by atoms with E-state index in [0.29, 0.717) is 5.92 Å². The number of carbonyl (C=O) groups excluding carboxylic acids is 1. The molecule has 2 nitrogen and oxygen atoms in total. The fourth-order valence-electron chi connectivity index (χ4n) is 2.02. The summed E-state index contributed by atoms with van der Waals surface area (Å²) in [7, 11) is 0. The minimum Gasteiger partial charge on any atom is -0.454 e. The van der Waals surface area contributed by atoms with Crippen molar-refractivity contribution < 1.29 is 9.53 Å². The minimum atomic E-state index is -0.112. The summed E-state index contributed by atoms with van der Waals surface area (Å²) >= 11 is 0. The molecule has 0 fully saturated rings. The van der Waals surface area contributed by atoms with Gasteiger partial charge in [0, 0.05) is 5.57 Å². The topological polar surface area (TPSA) is 26.3 Å². The number of esters is 1. The molecular formula is C12H20O2. The van der Waals surface area contributed by atoms with Crippen molar-refractivity contribution in [3.05, 3.63) is 11.1 Å². The van der Waals surface area contributed by atoms with Gasteiger partial charge in [0.1, 0.15) is 6.10 Å². The minimum absolute atomic E-state index is 0.0578. The summed E-state index contributed by atoms with van der Waals surface area (Å²) in [4.78, 5) is 11.4. The third kappa shape index (κ3) is 1.99. The SMILES string of the molecule is CCCC1OC(=O)C(C)=C1C(C)CC. The number of ether oxygens (including phenoxy) is 1. The van der Waals surface area contributed by atoms with E-state index in [0.717, 1.165) is 24.8 Å². The van der Waals surface area contributed by atoms with Gasteiger partial charge in [-0.2, -0.15) is 0 Å². The van der Waals surface area contributed by atoms with Gasteiger partial charge in [0.2, 0.25) is 0 Å². The standard InChI is InChI=1S/C12H20O2/c1-5-7-10-11(8(3)6-2)9(4)12(13)14-10/h8,10H,5-7H2,1-4H3. The number of rotatable bonds is 4. The molecule has 0 aromatic rings. The molecule has 0 radical (unpaired) electrons. The highest BCUT2D eigenvalue weighted by Crippen LogP contribution is 2.32. The zero-order valence-electron chi connectivity index (χ0n) is 9.59. The molecule has 2 heteroatoms. The number of carbonyl (C=O) groups is 1. The lowest BCUT2D eigenvalue weighted by Gasteiger charge is -2.18. The van der Waals surface area contributed by atoms with Gasteiger partial charge in [-0.15, -0.1) is 0 Å². The number of cyclic esters (lactones) is 1. The van der Waals surface area contributed by atoms with Gasteiger partial charge >= 0.3 is 5.97 Å². The van der Waals surface area contributed by atoms with Crippen LogP contribution in [-0.2, 0) is 9.53 Å². The smallest absolute Gasteiger partial charge is 0.334 e. The molecule has 1 aliphatic heterocycles. The lowest BCUT2D eigenvalue weighted by atomic mass is 9.90. The van der Waals surface area contributed by atoms with Gasteiger partial charge in [-0.1, -0.05) is 27.2 Å². The molecule has 0 saturated carbocycles. The largest absolute Gasteiger partial charge is 0.454 e. The Kier molecular flexibility index (Phi) is 3.73. The van der Waals surface area contributed by atoms with E-state index < -0.39 is 0 Å². The maximum atomic E-state index is 11.4. The average Bonchev–Trinajstić information content (AvgIpc) is 2.43. The Morgan fingerprint density at radius 1 is 1.43 bits per heavy atom. The highest BCUT2D eigenvalue weighted by atomic mass is 16.5. The summed E-state index contributed by atoms with van der Waals surface area (Å²) in [5.74, 6) is 0.358. The first kappa shape index (κ1) is 11.3. The van der Waals surface area contributed by atoms with Crippen molar-refractivity contribution in [2.24, 2.45) is 5.92 Å². The second kappa shape index (κ2) is 4.63. The predicted molar refractivity (Wildman–Crippen MR) is 56.9 cm³/mol. The molecule has 0 N–H and O–H groups in total. The van der Waals surface area contributed by atoms with Gasteiger partial charge in [0.05, 0.1) is 0 Å². The molecule has 0 amide bonds. The van der Waals surface area contributed by atoms with Gasteiger partial charge in [0.25, 0.3) is 0 Å². The van der Waals surface area contributed by atoms with Crippen LogP contribution in [0.5, 0.6) is 0 Å². The van der Waals surface area contributed by atoms with Crippen molar-refractivity contribution >= 4 is 5.97 Å². The second-order valence-electron chi connectivity index (χ2n) is 4.07. The van der Waals surface area contributed by atoms with Crippen LogP contribution >= 0.6 is 0 Å². The fourth-order valence-corrected chi connectivity index (χ4v) is 2.02. The van der Waals surface area contributed by atoms with E-state index in [1.807, 2.05) is 6.92 Å². The molecule has 0 saturated heterocycles. The molecule has 1 aliphatic rings. The van der Waals surface area contributed by atoms with E-state index in [2.05, 4.69) is 20.8 Å². The normalized spacial score (nSPS) is 24.0. The Bertz CT molecular complexity index is 253. The van der Waals surface area contributed by atoms with E-state index in [9.17, 15) is 4.79 Å². The quantitative estimate of drug-likeness (QED) is 0.646. The molecule has 1 rings (SSSR count). The summed E-state index contributed by atoms with van der Waals surface area (Å²) in [5, 5.41) is 0. The van der Waals surface area contributed by atoms with Gasteiger partial charge in [-0.05, 0) is 31.3 Å². The molecule has 80 valence electrons. The van der Waals surface area contributed by atoms with E-state index in [4.69, 9.17) is 4.74 Å². The van der Waals surface area contributed by atoms with Crippen LogP contribution in [0.4, 0.5) is 0 Å². The Balaban J connectivity index is 2.87. The van der Waals surface area contributed by atoms with Crippen molar-refractivity contribution in [2.75, 3.05) is 0 Å². The average molecular weight is 196 g/mol. The van der Waals surface area contributed by atoms with Crippen molar-refractivity contribution in [2.45, 2.75) is 53.1 Å². The summed E-state index contributed by atoms with van der Waals surface area (Å²) in [5.41, 5.74) is 2.08. The van der Waals surface area contributed by atoms with Gasteiger partial charge < -0.3 is 4.74 Å². The van der Waals surface area contributed by atoms with Crippen molar-refractivity contribution in [3.63, 3.8) is 0 Å². The van der Waals surface area contributed by atoms with E-state index in [1.54, 1.807) is 0 Å². The number of hydrogen-bond acceptors (Lipinski definition) is 2. The maximum Gasteiger partial charge on any atom is 0.334 e. The molecular weight excluding hydrogens is 176 g/mol. The summed E-state index contributed by atoms with van der Waals surface area (Å²) < 4.78 is 5.34. The monoisotopic (exact) mass is 196 g/mol. The van der Waals surface area contributed by atoms with Gasteiger partial charge in [-0.3, -0.25) is 0 Å². The second-order valence-corrected chi connectivity index (χ2v) is 4.07. The van der Waals surface area contributed by atoms with Gasteiger partial charge in [0.15, 0.2) is 0 Å². The first-order valence-electron chi connectivity index (χ1n) is 5.53. The van der Waals surface area contributed by atoms with Crippen LogP contribution in [-0.4, -0.2) is 12.1 Å². The zero-order valence-corrected chi connectivity index (χ0v) is 9.59. The molecule has 0 bridgehead atoms. The lowest BCUT2D eigenvalue weighted by Crippen LogP contribution is -2.15. The number of hydrogen-bond donors (Lipinski definition) is 0. The lowest BCUT2D eigenvalue weighted by molar-refractivity contribution is -0.140. The fraction of sp³-hybridized carbons (Fsp3) is 0.750. The Morgan fingerprint density at radius 2 is 2.07 bits per heavy atom. The van der Waals surface area contributed by atoms with E-state index in [-0.39, 0.29) is 12.1 Å². The predicted octanol–water partition coefficient (Wildman–Crippen LogP) is 3.07. The van der Waals surface area contributed by atoms with Crippen LogP contribution in [0.2, 0.25) is 0 Å². The summed E-state index contributed by atoms with van der Waals surface area (Å²) in [6.45, 7) is 8.33. The van der Waals surface area contributed by atoms with Crippen molar-refractivity contribution in [3.8, 4) is 0 Å². The zero-order chi connectivity index (χ0) is 10.7. The van der Waals surface area contributed by atoms with Crippen LogP contribution in [0.3, 0.4) is 0 Å². The molecule has 14 heavy (non-hydrogen) atoms. The molecule has 2 atom stereocenters. The molecule has 0 aromatic carbocycles. The molecule has 1 heterocycles. The van der Waals surface area contributed by atoms with Crippen molar-refractivity contribution in [1.82, 2.24) is 0 Å². The Morgan fingerprint density at radius 3 is 2.57 bits per heavy atom.